The Morgan fingerprint density at radius 3 is 2.68 bits per heavy atom. The molecule has 1 N–H and O–H groups in total. The molecule has 1 aromatic carbocycles. The lowest BCUT2D eigenvalue weighted by Crippen LogP contribution is -2.25. The van der Waals surface area contributed by atoms with Gasteiger partial charge in [-0.3, -0.25) is 9.59 Å². The van der Waals surface area contributed by atoms with Gasteiger partial charge in [-0.15, -0.1) is 0 Å². The first-order valence-electron chi connectivity index (χ1n) is 7.25. The number of ether oxygens (including phenoxy) is 2. The fraction of sp³-hybridized carbons (Fsp3) is 0.500. The number of carbonyl (C=O) groups is 2. The molecule has 0 saturated heterocycles. The third-order valence-corrected chi connectivity index (χ3v) is 3.48. The van der Waals surface area contributed by atoms with Crippen LogP contribution in [0.25, 0.3) is 0 Å². The van der Waals surface area contributed by atoms with Crippen LogP contribution < -0.4 is 10.1 Å². The Hall–Kier alpha value is -1.75. The van der Waals surface area contributed by atoms with E-state index in [1.807, 2.05) is 19.1 Å². The van der Waals surface area contributed by atoms with Crippen LogP contribution in [-0.2, 0) is 14.3 Å². The van der Waals surface area contributed by atoms with Gasteiger partial charge in [0.15, 0.2) is 0 Å². The molecule has 1 rings (SSSR count). The second-order valence-electron chi connectivity index (χ2n) is 4.89. The highest BCUT2D eigenvalue weighted by molar-refractivity contribution is 6.31. The number of aryl methyl sites for hydroxylation is 1. The molecule has 0 aliphatic carbocycles. The van der Waals surface area contributed by atoms with Gasteiger partial charge in [-0.05, 0) is 43.5 Å². The van der Waals surface area contributed by atoms with Crippen LogP contribution in [0.15, 0.2) is 18.2 Å². The number of nitrogens with one attached hydrogen (secondary N) is 1. The van der Waals surface area contributed by atoms with E-state index in [1.54, 1.807) is 6.07 Å². The molecule has 0 saturated carbocycles. The van der Waals surface area contributed by atoms with Gasteiger partial charge in [0.2, 0.25) is 5.91 Å². The van der Waals surface area contributed by atoms with E-state index in [9.17, 15) is 9.59 Å². The highest BCUT2D eigenvalue weighted by atomic mass is 35.5. The molecule has 0 aromatic heterocycles. The summed E-state index contributed by atoms with van der Waals surface area (Å²) in [7, 11) is 1.35. The minimum Gasteiger partial charge on any atom is -0.494 e. The lowest BCUT2D eigenvalue weighted by molar-refractivity contribution is -0.140. The Balaban J connectivity index is 2.09. The van der Waals surface area contributed by atoms with E-state index in [0.717, 1.165) is 11.3 Å². The number of hydrogen-bond donors (Lipinski definition) is 1. The number of rotatable bonds is 9. The summed E-state index contributed by atoms with van der Waals surface area (Å²) in [6.07, 6.45) is 1.92. The van der Waals surface area contributed by atoms with Crippen molar-refractivity contribution in [1.29, 1.82) is 0 Å². The van der Waals surface area contributed by atoms with Crippen molar-refractivity contribution in [1.82, 2.24) is 5.32 Å². The first kappa shape index (κ1) is 18.3. The molecule has 0 aliphatic rings. The van der Waals surface area contributed by atoms with Gasteiger partial charge in [0.25, 0.3) is 0 Å². The Bertz CT molecular complexity index is 505. The number of benzene rings is 1. The predicted octanol–water partition coefficient (Wildman–Crippen LogP) is 2.88. The summed E-state index contributed by atoms with van der Waals surface area (Å²) in [5, 5.41) is 3.46. The number of carbonyl (C=O) groups excluding carboxylic acids is 2. The smallest absolute Gasteiger partial charge is 0.305 e. The molecule has 6 heteroatoms. The molecular weight excluding hydrogens is 306 g/mol. The molecule has 0 heterocycles. The zero-order valence-electron chi connectivity index (χ0n) is 13.0. The Kier molecular flexibility index (Phi) is 8.36. The van der Waals surface area contributed by atoms with E-state index >= 15 is 0 Å². The third-order valence-electron chi connectivity index (χ3n) is 3.05. The summed E-state index contributed by atoms with van der Waals surface area (Å²) in [5.41, 5.74) is 0.961. The van der Waals surface area contributed by atoms with Crippen molar-refractivity contribution in [3.63, 3.8) is 0 Å². The Morgan fingerprint density at radius 1 is 1.23 bits per heavy atom. The van der Waals surface area contributed by atoms with Gasteiger partial charge >= 0.3 is 5.97 Å². The number of hydrogen-bond acceptors (Lipinski definition) is 4. The Labute approximate surface area is 135 Å². The minimum absolute atomic E-state index is 0.0410. The average Bonchev–Trinajstić information content (AvgIpc) is 2.51. The maximum Gasteiger partial charge on any atom is 0.305 e. The molecule has 22 heavy (non-hydrogen) atoms. The molecule has 0 spiro atoms. The Morgan fingerprint density at radius 2 is 2.00 bits per heavy atom. The van der Waals surface area contributed by atoms with Gasteiger partial charge in [-0.25, -0.2) is 0 Å². The number of halogens is 1. The summed E-state index contributed by atoms with van der Waals surface area (Å²) in [6, 6.07) is 5.47. The molecule has 0 aliphatic heterocycles. The van der Waals surface area contributed by atoms with Crippen LogP contribution in [0.2, 0.25) is 5.02 Å². The lowest BCUT2D eigenvalue weighted by atomic mass is 10.2. The maximum atomic E-state index is 11.6. The van der Waals surface area contributed by atoms with Crippen LogP contribution in [0.4, 0.5) is 0 Å². The van der Waals surface area contributed by atoms with E-state index in [2.05, 4.69) is 10.1 Å². The van der Waals surface area contributed by atoms with Crippen molar-refractivity contribution in [2.24, 2.45) is 0 Å². The fourth-order valence-electron chi connectivity index (χ4n) is 1.78. The normalized spacial score (nSPS) is 10.1. The number of methoxy groups -OCH3 is 1. The summed E-state index contributed by atoms with van der Waals surface area (Å²) in [5.74, 6) is 0.446. The van der Waals surface area contributed by atoms with Crippen LogP contribution in [0.1, 0.15) is 31.2 Å². The van der Waals surface area contributed by atoms with Gasteiger partial charge in [0.1, 0.15) is 5.75 Å². The molecule has 122 valence electrons. The molecule has 0 fully saturated rings. The second-order valence-corrected chi connectivity index (χ2v) is 5.30. The summed E-state index contributed by atoms with van der Waals surface area (Å²) in [4.78, 5) is 22.5. The van der Waals surface area contributed by atoms with Crippen molar-refractivity contribution in [3.8, 4) is 5.75 Å². The van der Waals surface area contributed by atoms with Crippen molar-refractivity contribution in [3.05, 3.63) is 28.8 Å². The summed E-state index contributed by atoms with van der Waals surface area (Å²) >= 11 is 5.94. The molecule has 0 unspecified atom stereocenters. The predicted molar refractivity (Wildman–Crippen MR) is 85.2 cm³/mol. The number of amides is 1. The van der Waals surface area contributed by atoms with E-state index in [-0.39, 0.29) is 11.9 Å². The monoisotopic (exact) mass is 327 g/mol. The zero-order chi connectivity index (χ0) is 16.4. The molecule has 0 bridgehead atoms. The van der Waals surface area contributed by atoms with Crippen LogP contribution >= 0.6 is 11.6 Å². The van der Waals surface area contributed by atoms with Crippen LogP contribution in [0, 0.1) is 6.92 Å². The van der Waals surface area contributed by atoms with Gasteiger partial charge in [-0.1, -0.05) is 11.6 Å². The van der Waals surface area contributed by atoms with Gasteiger partial charge < -0.3 is 14.8 Å². The topological polar surface area (TPSA) is 64.6 Å². The SMILES string of the molecule is COC(=O)CCCNC(=O)CCCOc1ccc(Cl)c(C)c1. The van der Waals surface area contributed by atoms with Crippen LogP contribution in [0.5, 0.6) is 5.75 Å². The molecule has 1 amide bonds. The molecular formula is C16H22ClNO4. The molecule has 0 atom stereocenters. The van der Waals surface area contributed by atoms with Gasteiger partial charge in [0.05, 0.1) is 13.7 Å². The van der Waals surface area contributed by atoms with Crippen molar-refractivity contribution in [2.45, 2.75) is 32.6 Å². The van der Waals surface area contributed by atoms with Crippen LogP contribution in [0.3, 0.4) is 0 Å². The first-order chi connectivity index (χ1) is 10.5. The quantitative estimate of drug-likeness (QED) is 0.559. The number of esters is 1. The van der Waals surface area contributed by atoms with E-state index in [4.69, 9.17) is 16.3 Å². The standard InChI is InChI=1S/C16H22ClNO4/c1-12-11-13(7-8-14(12)17)22-10-4-5-15(19)18-9-3-6-16(20)21-2/h7-8,11H,3-6,9-10H2,1-2H3,(H,18,19). The largest absolute Gasteiger partial charge is 0.494 e. The fourth-order valence-corrected chi connectivity index (χ4v) is 1.90. The minimum atomic E-state index is -0.263. The van der Waals surface area contributed by atoms with Gasteiger partial charge in [-0.2, -0.15) is 0 Å². The van der Waals surface area contributed by atoms with E-state index in [1.165, 1.54) is 7.11 Å². The maximum absolute atomic E-state index is 11.6. The molecule has 0 radical (unpaired) electrons. The summed E-state index contributed by atoms with van der Waals surface area (Å²) < 4.78 is 10.1. The van der Waals surface area contributed by atoms with Crippen LogP contribution in [-0.4, -0.2) is 32.1 Å². The van der Waals surface area contributed by atoms with Crippen molar-refractivity contribution in [2.75, 3.05) is 20.3 Å². The zero-order valence-corrected chi connectivity index (χ0v) is 13.7. The molecule has 5 nitrogen and oxygen atoms in total. The highest BCUT2D eigenvalue weighted by Gasteiger charge is 2.04. The van der Waals surface area contributed by atoms with E-state index in [0.29, 0.717) is 43.9 Å². The highest BCUT2D eigenvalue weighted by Crippen LogP contribution is 2.21. The third kappa shape index (κ3) is 7.31. The van der Waals surface area contributed by atoms with E-state index < -0.39 is 0 Å². The average molecular weight is 328 g/mol. The lowest BCUT2D eigenvalue weighted by Gasteiger charge is -2.08. The van der Waals surface area contributed by atoms with Gasteiger partial charge in [0, 0.05) is 24.4 Å². The van der Waals surface area contributed by atoms with Crippen molar-refractivity contribution < 1.29 is 19.1 Å². The second kappa shape index (κ2) is 10.1. The summed E-state index contributed by atoms with van der Waals surface area (Å²) in [6.45, 7) is 2.86. The molecule has 1 aromatic rings. The first-order valence-corrected chi connectivity index (χ1v) is 7.63. The van der Waals surface area contributed by atoms with Crippen molar-refractivity contribution >= 4 is 23.5 Å².